The highest BCUT2D eigenvalue weighted by Gasteiger charge is 2.28. The van der Waals surface area contributed by atoms with Crippen molar-refractivity contribution in [3.8, 4) is 11.1 Å². The summed E-state index contributed by atoms with van der Waals surface area (Å²) >= 11 is 0. The molecule has 0 saturated heterocycles. The third kappa shape index (κ3) is 2.86. The molecule has 0 radical (unpaired) electrons. The highest BCUT2D eigenvalue weighted by Crippen LogP contribution is 2.32. The van der Waals surface area contributed by atoms with Gasteiger partial charge >= 0.3 is 0 Å². The molecule has 0 N–H and O–H groups in total. The lowest BCUT2D eigenvalue weighted by Gasteiger charge is -2.12. The molecule has 0 spiro atoms. The monoisotopic (exact) mass is 348 g/mol. The first kappa shape index (κ1) is 16.8. The summed E-state index contributed by atoms with van der Waals surface area (Å²) < 4.78 is 41.1. The molecule has 0 aliphatic heterocycles. The fourth-order valence-corrected chi connectivity index (χ4v) is 3.69. The molecular weight excluding hydrogens is 330 g/mol. The van der Waals surface area contributed by atoms with Crippen molar-refractivity contribution in [2.24, 2.45) is 0 Å². The lowest BCUT2D eigenvalue weighted by atomic mass is 10.0. The van der Waals surface area contributed by atoms with Crippen molar-refractivity contribution in [1.29, 1.82) is 0 Å². The molecule has 6 heteroatoms. The molecule has 3 nitrogen and oxygen atoms in total. The molecule has 1 unspecified atom stereocenters. The van der Waals surface area contributed by atoms with Crippen LogP contribution in [0.25, 0.3) is 16.8 Å². The molecule has 2 heterocycles. The first-order chi connectivity index (χ1) is 11.3. The van der Waals surface area contributed by atoms with E-state index in [9.17, 15) is 13.0 Å². The van der Waals surface area contributed by atoms with Crippen LogP contribution in [-0.4, -0.2) is 19.3 Å². The number of halogens is 2. The summed E-state index contributed by atoms with van der Waals surface area (Å²) in [5, 5.41) is 0. The highest BCUT2D eigenvalue weighted by atomic mass is 32.2. The van der Waals surface area contributed by atoms with Crippen LogP contribution in [0, 0.1) is 6.92 Å². The maximum absolute atomic E-state index is 13.5. The number of hydrogen-bond donors (Lipinski definition) is 0. The second-order valence-electron chi connectivity index (χ2n) is 5.71. The van der Waals surface area contributed by atoms with Crippen LogP contribution in [0.15, 0.2) is 47.5 Å². The number of imidazole rings is 1. The molecule has 3 aromatic rings. The summed E-state index contributed by atoms with van der Waals surface area (Å²) in [6.07, 6.45) is 1.37. The predicted octanol–water partition coefficient (Wildman–Crippen LogP) is 4.55. The molecule has 2 aromatic heterocycles. The van der Waals surface area contributed by atoms with E-state index in [0.29, 0.717) is 11.4 Å². The summed E-state index contributed by atoms with van der Waals surface area (Å²) in [7, 11) is -1.10. The fourth-order valence-electron chi connectivity index (χ4n) is 2.73. The molecular formula is C18H18F2N2OS. The third-order valence-corrected chi connectivity index (χ3v) is 5.39. The number of aromatic nitrogens is 2. The van der Waals surface area contributed by atoms with Gasteiger partial charge in [-0.2, -0.15) is 8.78 Å². The zero-order valence-corrected chi connectivity index (χ0v) is 14.5. The third-order valence-electron chi connectivity index (χ3n) is 4.02. The van der Waals surface area contributed by atoms with Crippen LogP contribution in [-0.2, 0) is 16.7 Å². The van der Waals surface area contributed by atoms with E-state index in [1.807, 2.05) is 44.2 Å². The van der Waals surface area contributed by atoms with E-state index >= 15 is 0 Å². The van der Waals surface area contributed by atoms with Crippen molar-refractivity contribution in [3.63, 3.8) is 0 Å². The minimum Gasteiger partial charge on any atom is -0.303 e. The first-order valence-electron chi connectivity index (χ1n) is 7.67. The minimum absolute atomic E-state index is 0.256. The van der Waals surface area contributed by atoms with E-state index in [2.05, 4.69) is 4.98 Å². The second-order valence-corrected chi connectivity index (χ2v) is 7.41. The van der Waals surface area contributed by atoms with Gasteiger partial charge in [-0.05, 0) is 30.7 Å². The van der Waals surface area contributed by atoms with Gasteiger partial charge < -0.3 is 4.40 Å². The van der Waals surface area contributed by atoms with Gasteiger partial charge in [-0.1, -0.05) is 25.1 Å². The molecule has 0 aliphatic rings. The van der Waals surface area contributed by atoms with Gasteiger partial charge in [0.15, 0.2) is 0 Å². The topological polar surface area (TPSA) is 34.4 Å². The summed E-state index contributed by atoms with van der Waals surface area (Å²) in [4.78, 5) is 4.76. The molecule has 0 amide bonds. The number of alkyl halides is 2. The first-order valence-corrected chi connectivity index (χ1v) is 8.99. The Kier molecular flexibility index (Phi) is 4.25. The molecule has 0 saturated carbocycles. The van der Waals surface area contributed by atoms with Crippen LogP contribution in [0.3, 0.4) is 0 Å². The van der Waals surface area contributed by atoms with Crippen LogP contribution in [0.5, 0.6) is 0 Å². The normalized spacial score (nSPS) is 13.4. The van der Waals surface area contributed by atoms with Gasteiger partial charge in [0.2, 0.25) is 0 Å². The summed E-state index contributed by atoms with van der Waals surface area (Å²) in [5.74, 6) is -2.46. The van der Waals surface area contributed by atoms with E-state index in [1.54, 1.807) is 10.5 Å². The van der Waals surface area contributed by atoms with Gasteiger partial charge in [0.05, 0.1) is 10.8 Å². The Morgan fingerprint density at radius 3 is 2.54 bits per heavy atom. The Morgan fingerprint density at radius 2 is 1.88 bits per heavy atom. The number of rotatable bonds is 4. The second kappa shape index (κ2) is 6.09. The molecule has 0 fully saturated rings. The van der Waals surface area contributed by atoms with E-state index in [1.165, 1.54) is 6.20 Å². The molecule has 0 aliphatic carbocycles. The van der Waals surface area contributed by atoms with Crippen LogP contribution in [0.1, 0.15) is 25.2 Å². The lowest BCUT2D eigenvalue weighted by molar-refractivity contribution is 0.0133. The van der Waals surface area contributed by atoms with Crippen molar-refractivity contribution < 1.29 is 13.0 Å². The van der Waals surface area contributed by atoms with Gasteiger partial charge in [-0.15, -0.1) is 0 Å². The average Bonchev–Trinajstić information content (AvgIpc) is 3.00. The minimum atomic E-state index is -2.99. The zero-order valence-electron chi connectivity index (χ0n) is 13.7. The highest BCUT2D eigenvalue weighted by molar-refractivity contribution is 7.85. The zero-order chi connectivity index (χ0) is 17.5. The van der Waals surface area contributed by atoms with Crippen LogP contribution in [0.2, 0.25) is 0 Å². The van der Waals surface area contributed by atoms with Gasteiger partial charge in [-0.3, -0.25) is 4.21 Å². The number of nitrogens with zero attached hydrogens (tertiary/aromatic N) is 2. The van der Waals surface area contributed by atoms with Crippen molar-refractivity contribution in [2.75, 3.05) is 5.75 Å². The number of pyridine rings is 1. The van der Waals surface area contributed by atoms with Crippen molar-refractivity contribution in [2.45, 2.75) is 31.6 Å². The maximum atomic E-state index is 13.5. The Bertz CT molecular complexity index is 928. The number of aryl methyl sites for hydroxylation is 1. The number of hydrogen-bond acceptors (Lipinski definition) is 2. The Labute approximate surface area is 141 Å². The smallest absolute Gasteiger partial charge is 0.288 e. The predicted molar refractivity (Wildman–Crippen MR) is 91.9 cm³/mol. The molecule has 3 rings (SSSR count). The molecule has 1 atom stereocenters. The summed E-state index contributed by atoms with van der Waals surface area (Å²) in [6, 6.07) is 11.0. The lowest BCUT2D eigenvalue weighted by Crippen LogP contribution is -2.06. The van der Waals surface area contributed by atoms with Crippen molar-refractivity contribution in [1.82, 2.24) is 9.38 Å². The van der Waals surface area contributed by atoms with E-state index in [0.717, 1.165) is 28.6 Å². The molecule has 24 heavy (non-hydrogen) atoms. The van der Waals surface area contributed by atoms with Crippen molar-refractivity contribution in [3.05, 3.63) is 54.0 Å². The summed E-state index contributed by atoms with van der Waals surface area (Å²) in [6.45, 7) is 4.56. The standard InChI is InChI=1S/C18H18F2N2OS/c1-4-24(23)15-8-6-5-7-14(15)13-9-10-17-21-16(18(3,19)20)11-22(17)12(13)2/h5-11H,4H2,1-3H3. The van der Waals surface area contributed by atoms with Crippen LogP contribution >= 0.6 is 0 Å². The number of fused-ring (bicyclic) bond motifs is 1. The summed E-state index contributed by atoms with van der Waals surface area (Å²) in [5.41, 5.74) is 2.73. The Morgan fingerprint density at radius 1 is 1.17 bits per heavy atom. The SMILES string of the molecule is CCS(=O)c1ccccc1-c1ccc2nc(C(C)(F)F)cn2c1C. The quantitative estimate of drug-likeness (QED) is 0.693. The van der Waals surface area contributed by atoms with Crippen molar-refractivity contribution >= 4 is 16.4 Å². The maximum Gasteiger partial charge on any atom is 0.288 e. The Hall–Kier alpha value is -2.08. The fraction of sp³-hybridized carbons (Fsp3) is 0.278. The molecule has 1 aromatic carbocycles. The molecule has 0 bridgehead atoms. The van der Waals surface area contributed by atoms with E-state index < -0.39 is 16.7 Å². The van der Waals surface area contributed by atoms with E-state index in [4.69, 9.17) is 0 Å². The van der Waals surface area contributed by atoms with Crippen LogP contribution in [0.4, 0.5) is 8.78 Å². The van der Waals surface area contributed by atoms with Gasteiger partial charge in [0.25, 0.3) is 5.92 Å². The number of benzene rings is 1. The van der Waals surface area contributed by atoms with Gasteiger partial charge in [-0.25, -0.2) is 4.98 Å². The Balaban J connectivity index is 2.22. The molecule has 126 valence electrons. The van der Waals surface area contributed by atoms with Gasteiger partial charge in [0.1, 0.15) is 11.3 Å². The van der Waals surface area contributed by atoms with Gasteiger partial charge in [0, 0.05) is 35.0 Å². The van der Waals surface area contributed by atoms with Crippen LogP contribution < -0.4 is 0 Å². The average molecular weight is 348 g/mol. The largest absolute Gasteiger partial charge is 0.303 e. The van der Waals surface area contributed by atoms with E-state index in [-0.39, 0.29) is 5.69 Å².